The highest BCUT2D eigenvalue weighted by Crippen LogP contribution is 2.34. The van der Waals surface area contributed by atoms with Gasteiger partial charge in [-0.15, -0.1) is 11.3 Å². The molecule has 0 radical (unpaired) electrons. The molecule has 0 spiro atoms. The van der Waals surface area contributed by atoms with Gasteiger partial charge in [-0.3, -0.25) is 19.6 Å². The van der Waals surface area contributed by atoms with E-state index in [1.807, 2.05) is 12.1 Å². The lowest BCUT2D eigenvalue weighted by Crippen LogP contribution is -2.35. The molecule has 0 saturated heterocycles. The Morgan fingerprint density at radius 3 is 2.58 bits per heavy atom. The number of fused-ring (bicyclic) bond motifs is 1. The van der Waals surface area contributed by atoms with Crippen LogP contribution in [0.1, 0.15) is 21.5 Å². The van der Waals surface area contributed by atoms with Gasteiger partial charge < -0.3 is 15.4 Å². The van der Waals surface area contributed by atoms with Gasteiger partial charge in [0.05, 0.1) is 27.2 Å². The lowest BCUT2D eigenvalue weighted by atomic mass is 10.1. The van der Waals surface area contributed by atoms with Crippen molar-refractivity contribution in [2.24, 2.45) is 0 Å². The van der Waals surface area contributed by atoms with E-state index >= 15 is 0 Å². The second kappa shape index (κ2) is 12.1. The maximum absolute atomic E-state index is 14.8. The van der Waals surface area contributed by atoms with Crippen molar-refractivity contribution in [3.05, 3.63) is 107 Å². The van der Waals surface area contributed by atoms with E-state index in [1.165, 1.54) is 53.9 Å². The van der Waals surface area contributed by atoms with Gasteiger partial charge in [0.15, 0.2) is 23.0 Å². The Labute approximate surface area is 236 Å². The maximum atomic E-state index is 14.8. The lowest BCUT2D eigenvalue weighted by Gasteiger charge is -2.12. The molecular formula is C29H20F2N4O3S2. The molecule has 3 aromatic heterocycles. The van der Waals surface area contributed by atoms with E-state index < -0.39 is 11.7 Å². The van der Waals surface area contributed by atoms with Gasteiger partial charge in [0.1, 0.15) is 12.4 Å². The summed E-state index contributed by atoms with van der Waals surface area (Å²) < 4.78 is 34.5. The predicted molar refractivity (Wildman–Crippen MR) is 153 cm³/mol. The van der Waals surface area contributed by atoms with Crippen molar-refractivity contribution in [3.8, 4) is 16.3 Å². The Bertz CT molecular complexity index is 1710. The molecule has 5 rings (SSSR count). The molecule has 0 aliphatic rings. The van der Waals surface area contributed by atoms with Crippen LogP contribution >= 0.6 is 23.6 Å². The van der Waals surface area contributed by atoms with Crippen molar-refractivity contribution in [2.45, 2.75) is 13.0 Å². The predicted octanol–water partition coefficient (Wildman–Crippen LogP) is 6.08. The lowest BCUT2D eigenvalue weighted by molar-refractivity contribution is -0.119. The number of carbonyl (C=O) groups excluding carboxylic acids is 2. The molecular weight excluding hydrogens is 554 g/mol. The van der Waals surface area contributed by atoms with Gasteiger partial charge in [-0.25, -0.2) is 8.78 Å². The highest BCUT2D eigenvalue weighted by Gasteiger charge is 2.13. The maximum Gasteiger partial charge on any atom is 0.230 e. The number of aldehydes is 1. The summed E-state index contributed by atoms with van der Waals surface area (Å²) in [7, 11) is 0. The number of halogens is 2. The number of ether oxygens (including phenoxy) is 1. The van der Waals surface area contributed by atoms with Crippen LogP contribution in [0.5, 0.6) is 5.75 Å². The van der Waals surface area contributed by atoms with Crippen molar-refractivity contribution in [1.29, 1.82) is 0 Å². The van der Waals surface area contributed by atoms with Gasteiger partial charge in [-0.2, -0.15) is 0 Å². The summed E-state index contributed by atoms with van der Waals surface area (Å²) in [6, 6.07) is 17.0. The SMILES string of the molecule is O=Cc1ccc(-c2cc3nccc(COc4ccc(NC(=S)NC(=O)Cc5ccc(F)cc5)cc4F)c3s2)nc1. The van der Waals surface area contributed by atoms with Crippen molar-refractivity contribution in [1.82, 2.24) is 15.3 Å². The standard InChI is InChI=1S/C29H20F2N4O3S2/c30-20-4-1-17(2-5-20)11-27(37)35-29(39)34-21-6-8-25(22(31)12-21)38-16-19-9-10-32-24-13-26(40-28(19)24)23-7-3-18(15-36)14-33-23/h1-10,12-15H,11,16H2,(H2,34,35,37,39). The number of thiocarbonyl (C=S) groups is 1. The normalized spacial score (nSPS) is 10.8. The Kier molecular flexibility index (Phi) is 8.13. The van der Waals surface area contributed by atoms with Crippen LogP contribution in [0.3, 0.4) is 0 Å². The number of carbonyl (C=O) groups is 2. The molecule has 2 aromatic carbocycles. The van der Waals surface area contributed by atoms with Crippen LogP contribution in [0, 0.1) is 11.6 Å². The Morgan fingerprint density at radius 1 is 1.02 bits per heavy atom. The van der Waals surface area contributed by atoms with Gasteiger partial charge >= 0.3 is 0 Å². The zero-order valence-electron chi connectivity index (χ0n) is 20.7. The first-order chi connectivity index (χ1) is 19.4. The molecule has 5 aromatic rings. The summed E-state index contributed by atoms with van der Waals surface area (Å²) in [4.78, 5) is 32.7. The summed E-state index contributed by atoms with van der Waals surface area (Å²) in [6.45, 7) is 0.109. The molecule has 0 aliphatic carbocycles. The number of anilines is 1. The van der Waals surface area contributed by atoms with Gasteiger partial charge in [0.25, 0.3) is 0 Å². The van der Waals surface area contributed by atoms with E-state index in [0.29, 0.717) is 16.8 Å². The monoisotopic (exact) mass is 574 g/mol. The smallest absolute Gasteiger partial charge is 0.230 e. The van der Waals surface area contributed by atoms with Crippen molar-refractivity contribution < 1.29 is 23.1 Å². The number of pyridine rings is 2. The Hall–Kier alpha value is -4.61. The third-order valence-corrected chi connectivity index (χ3v) is 7.20. The quantitative estimate of drug-likeness (QED) is 0.171. The summed E-state index contributed by atoms with van der Waals surface area (Å²) >= 11 is 6.64. The molecule has 40 heavy (non-hydrogen) atoms. The number of thiophene rings is 1. The molecule has 2 N–H and O–H groups in total. The average molecular weight is 575 g/mol. The van der Waals surface area contributed by atoms with E-state index in [0.717, 1.165) is 32.6 Å². The number of hydrogen-bond donors (Lipinski definition) is 2. The number of hydrogen-bond acceptors (Lipinski definition) is 7. The second-order valence-electron chi connectivity index (χ2n) is 8.63. The number of aromatic nitrogens is 2. The van der Waals surface area contributed by atoms with Crippen LogP contribution in [0.2, 0.25) is 0 Å². The fraction of sp³-hybridized carbons (Fsp3) is 0.0690. The Balaban J connectivity index is 1.20. The number of amides is 1. The second-order valence-corrected chi connectivity index (χ2v) is 10.1. The molecule has 0 fully saturated rings. The van der Waals surface area contributed by atoms with E-state index in [2.05, 4.69) is 20.6 Å². The minimum absolute atomic E-state index is 0.00291. The van der Waals surface area contributed by atoms with Crippen LogP contribution in [0.4, 0.5) is 14.5 Å². The zero-order chi connectivity index (χ0) is 28.1. The molecule has 0 bridgehead atoms. The van der Waals surface area contributed by atoms with Crippen LogP contribution in [0.25, 0.3) is 20.8 Å². The minimum Gasteiger partial charge on any atom is -0.486 e. The average Bonchev–Trinajstić information content (AvgIpc) is 3.39. The topological polar surface area (TPSA) is 93.2 Å². The Morgan fingerprint density at radius 2 is 1.85 bits per heavy atom. The molecule has 11 heteroatoms. The molecule has 0 atom stereocenters. The molecule has 3 heterocycles. The van der Waals surface area contributed by atoms with Gasteiger partial charge in [-0.1, -0.05) is 12.1 Å². The number of benzene rings is 2. The molecule has 7 nitrogen and oxygen atoms in total. The van der Waals surface area contributed by atoms with E-state index in [4.69, 9.17) is 17.0 Å². The highest BCUT2D eigenvalue weighted by atomic mass is 32.1. The largest absolute Gasteiger partial charge is 0.486 e. The van der Waals surface area contributed by atoms with E-state index in [9.17, 15) is 18.4 Å². The fourth-order valence-electron chi connectivity index (χ4n) is 3.82. The number of nitrogens with zero attached hydrogens (tertiary/aromatic N) is 2. The highest BCUT2D eigenvalue weighted by molar-refractivity contribution is 7.80. The molecule has 200 valence electrons. The number of rotatable bonds is 8. The van der Waals surface area contributed by atoms with E-state index in [-0.39, 0.29) is 29.7 Å². The van der Waals surface area contributed by atoms with Gasteiger partial charge in [0.2, 0.25) is 5.91 Å². The van der Waals surface area contributed by atoms with Crippen LogP contribution in [-0.2, 0) is 17.8 Å². The van der Waals surface area contributed by atoms with Crippen molar-refractivity contribution >= 4 is 56.8 Å². The zero-order valence-corrected chi connectivity index (χ0v) is 22.3. The molecule has 0 saturated carbocycles. The van der Waals surface area contributed by atoms with Crippen LogP contribution in [0.15, 0.2) is 79.1 Å². The first-order valence-corrected chi connectivity index (χ1v) is 13.2. The van der Waals surface area contributed by atoms with Gasteiger partial charge in [-0.05, 0) is 66.3 Å². The summed E-state index contributed by atoms with van der Waals surface area (Å²) in [5.74, 6) is -1.34. The third kappa shape index (κ3) is 6.50. The van der Waals surface area contributed by atoms with Crippen molar-refractivity contribution in [3.63, 3.8) is 0 Å². The summed E-state index contributed by atoms with van der Waals surface area (Å²) in [6.07, 6.45) is 3.93. The third-order valence-electron chi connectivity index (χ3n) is 5.77. The van der Waals surface area contributed by atoms with Gasteiger partial charge in [0, 0.05) is 35.3 Å². The van der Waals surface area contributed by atoms with Crippen LogP contribution in [-0.4, -0.2) is 27.3 Å². The minimum atomic E-state index is -0.609. The van der Waals surface area contributed by atoms with Crippen LogP contribution < -0.4 is 15.4 Å². The molecule has 1 amide bonds. The summed E-state index contributed by atoms with van der Waals surface area (Å²) in [5, 5.41) is 5.29. The molecule has 0 aliphatic heterocycles. The van der Waals surface area contributed by atoms with Crippen molar-refractivity contribution in [2.75, 3.05) is 5.32 Å². The first-order valence-electron chi connectivity index (χ1n) is 11.9. The molecule has 0 unspecified atom stereocenters. The first kappa shape index (κ1) is 27.0. The number of nitrogens with one attached hydrogen (secondary N) is 2. The summed E-state index contributed by atoms with van der Waals surface area (Å²) in [5.41, 5.74) is 3.77. The van der Waals surface area contributed by atoms with E-state index in [1.54, 1.807) is 24.4 Å². The fourth-order valence-corrected chi connectivity index (χ4v) is 5.14.